The van der Waals surface area contributed by atoms with Crippen LogP contribution in [0.2, 0.25) is 0 Å². The van der Waals surface area contributed by atoms with Gasteiger partial charge in [0.25, 0.3) is 0 Å². The molecule has 4 rings (SSSR count). The number of benzene rings is 2. The third-order valence-electron chi connectivity index (χ3n) is 7.59. The van der Waals surface area contributed by atoms with E-state index >= 15 is 0 Å². The van der Waals surface area contributed by atoms with Gasteiger partial charge in [-0.05, 0) is 64.8 Å². The van der Waals surface area contributed by atoms with Crippen LogP contribution in [0.15, 0.2) is 53.5 Å². The first-order valence-electron chi connectivity index (χ1n) is 17.3. The van der Waals surface area contributed by atoms with E-state index < -0.39 is 35.1 Å². The van der Waals surface area contributed by atoms with Crippen molar-refractivity contribution in [1.82, 2.24) is 20.4 Å². The maximum atomic E-state index is 13.2. The Hall–Kier alpha value is -5.65. The van der Waals surface area contributed by atoms with Gasteiger partial charge in [-0.15, -0.1) is 4.99 Å². The number of nitrogens with one attached hydrogen (secondary N) is 3. The Bertz CT molecular complexity index is 1860. The van der Waals surface area contributed by atoms with Crippen molar-refractivity contribution in [3.05, 3.63) is 70.8 Å². The number of fused-ring (bicyclic) bond motifs is 1. The predicted molar refractivity (Wildman–Crippen MR) is 203 cm³/mol. The molecule has 0 aromatic heterocycles. The van der Waals surface area contributed by atoms with Gasteiger partial charge in [0.1, 0.15) is 11.2 Å². The third-order valence-corrected chi connectivity index (χ3v) is 7.59. The van der Waals surface area contributed by atoms with Crippen molar-refractivity contribution in [3.8, 4) is 5.97 Å². The molecule has 2 heterocycles. The Morgan fingerprint density at radius 1 is 0.792 bits per heavy atom. The molecule has 0 fully saturated rings. The van der Waals surface area contributed by atoms with Crippen molar-refractivity contribution < 1.29 is 33.4 Å². The van der Waals surface area contributed by atoms with Crippen molar-refractivity contribution >= 4 is 54.0 Å². The summed E-state index contributed by atoms with van der Waals surface area (Å²) in [6.45, 7) is 18.7. The molecule has 0 spiro atoms. The molecule has 2 aromatic carbocycles. The Morgan fingerprint density at radius 2 is 1.40 bits per heavy atom. The maximum Gasteiger partial charge on any atom is 0.0466 e. The number of ether oxygens (including phenoxy) is 3. The molecule has 0 atom stereocenters. The van der Waals surface area contributed by atoms with Crippen LogP contribution in [0.4, 0.5) is 20.1 Å². The van der Waals surface area contributed by atoms with Crippen molar-refractivity contribution in [3.63, 3.8) is 0 Å². The molecule has 0 saturated carbocycles. The van der Waals surface area contributed by atoms with Gasteiger partial charge in [-0.25, -0.2) is 9.59 Å². The molecule has 280 valence electrons. The quantitative estimate of drug-likeness (QED) is 0.145. The Kier molecular flexibility index (Phi) is 12.4. The fraction of sp³-hybridized carbons (Fsp3) is 0.447. The average molecular weight is 726 g/mol. The largest absolute Gasteiger partial charge is 0.0466 e. The molecule has 53 heavy (non-hydrogen) atoms. The number of carbonyl (C=O) groups is 4. The van der Waals surface area contributed by atoms with Crippen LogP contribution in [0.3, 0.4) is 0 Å². The first kappa shape index (κ1) is 40.1. The molecule has 2 aliphatic rings. The van der Waals surface area contributed by atoms with Gasteiger partial charge in [0.05, 0.1) is 0 Å². The summed E-state index contributed by atoms with van der Waals surface area (Å²) in [6, 6.07) is 12.8. The third kappa shape index (κ3) is 12.5. The summed E-state index contributed by atoms with van der Waals surface area (Å²) in [5.41, 5.74) is 3.09. The summed E-state index contributed by atoms with van der Waals surface area (Å²) >= 11 is 0. The molecular formula is C38H48BN7O7. The summed E-state index contributed by atoms with van der Waals surface area (Å²) in [4.78, 5) is 58.4. The number of nitriles is 1. The van der Waals surface area contributed by atoms with Crippen molar-refractivity contribution in [2.24, 2.45) is 4.99 Å². The van der Waals surface area contributed by atoms with Crippen LogP contribution >= 0.6 is 0 Å². The number of nitrogens with zero attached hydrogens (tertiary/aromatic N) is 4. The van der Waals surface area contributed by atoms with Crippen LogP contribution in [-0.2, 0) is 27.3 Å². The van der Waals surface area contributed by atoms with E-state index in [1.807, 2.05) is 41.2 Å². The van der Waals surface area contributed by atoms with Crippen molar-refractivity contribution in [2.45, 2.75) is 98.6 Å². The number of aliphatic imine (C=N–C) groups is 1. The van der Waals surface area contributed by atoms with Crippen LogP contribution in [0, 0.1) is 11.2 Å². The summed E-state index contributed by atoms with van der Waals surface area (Å²) in [5, 5.41) is 17.5. The van der Waals surface area contributed by atoms with Crippen molar-refractivity contribution in [1.29, 1.82) is 5.26 Å². The predicted octanol–water partition coefficient (Wildman–Crippen LogP) is 5.96. The van der Waals surface area contributed by atoms with Crippen LogP contribution in [-0.4, -0.2) is 82.5 Å². The number of amides is 4. The number of anilines is 1. The van der Waals surface area contributed by atoms with Gasteiger partial charge in [0, 0.05) is 13.1 Å². The van der Waals surface area contributed by atoms with E-state index in [1.165, 1.54) is 6.92 Å². The summed E-state index contributed by atoms with van der Waals surface area (Å²) < 4.78 is 16.1. The number of hydrogen-bond donors (Lipinski definition) is 3. The molecule has 0 radical (unpaired) electrons. The minimum atomic E-state index is -0.852. The van der Waals surface area contributed by atoms with Gasteiger partial charge in [0.2, 0.25) is 5.96 Å². The maximum absolute atomic E-state index is 13.2. The summed E-state index contributed by atoms with van der Waals surface area (Å²) in [5.74, 6) is 1.69. The van der Waals surface area contributed by atoms with Crippen LogP contribution < -0.4 is 16.0 Å². The zero-order valence-electron chi connectivity index (χ0n) is 31.9. The zero-order chi connectivity index (χ0) is 39.1. The Balaban J connectivity index is 1.39. The van der Waals surface area contributed by atoms with E-state index in [-0.39, 0.29) is 11.9 Å². The fourth-order valence-corrected chi connectivity index (χ4v) is 5.43. The number of hydrogen-bond acceptors (Lipinski definition) is 9. The number of alkyl carbamates (subject to hydrolysis) is 2. The number of carbonyl (C=O) groups excluding carboxylic acids is 4. The van der Waals surface area contributed by atoms with Gasteiger partial charge >= 0.3 is 177 Å². The molecule has 2 aliphatic heterocycles. The molecule has 3 N–H and O–H groups in total. The molecule has 0 bridgehead atoms. The molecule has 2 aromatic rings. The van der Waals surface area contributed by atoms with Crippen LogP contribution in [0.25, 0.3) is 5.57 Å². The minimum Gasteiger partial charge on any atom is -0.0332 e. The van der Waals surface area contributed by atoms with Crippen molar-refractivity contribution in [2.75, 3.05) is 18.4 Å². The topological polar surface area (TPSA) is 175 Å². The van der Waals surface area contributed by atoms with E-state index in [2.05, 4.69) is 20.9 Å². The second-order valence-corrected chi connectivity index (χ2v) is 15.6. The average Bonchev–Trinajstić information content (AvgIpc) is 3.45. The zero-order valence-corrected chi connectivity index (χ0v) is 31.9. The number of rotatable bonds is 5. The van der Waals surface area contributed by atoms with Crippen LogP contribution in [0.1, 0.15) is 95.8 Å². The van der Waals surface area contributed by atoms with E-state index in [4.69, 9.17) is 14.2 Å². The molecule has 0 saturated heterocycles. The minimum absolute atomic E-state index is 0.00676. The van der Waals surface area contributed by atoms with Gasteiger partial charge in [-0.3, -0.25) is 5.32 Å². The van der Waals surface area contributed by atoms with Gasteiger partial charge in [-0.1, -0.05) is 6.07 Å². The first-order chi connectivity index (χ1) is 24.7. The Labute approximate surface area is 311 Å². The van der Waals surface area contributed by atoms with Crippen LogP contribution in [0.5, 0.6) is 0 Å². The van der Waals surface area contributed by atoms with E-state index in [9.17, 15) is 24.4 Å². The molecule has 0 unspecified atom stereocenters. The summed E-state index contributed by atoms with van der Waals surface area (Å²) in [6.07, 6.45) is 0.450. The Morgan fingerprint density at radius 3 is 1.96 bits per heavy atom. The molecule has 4 amide bonds. The normalized spacial score (nSPS) is 14.9. The van der Waals surface area contributed by atoms with Gasteiger partial charge in [-0.2, -0.15) is 0 Å². The van der Waals surface area contributed by atoms with E-state index in [0.717, 1.165) is 22.3 Å². The second-order valence-electron chi connectivity index (χ2n) is 15.6. The monoisotopic (exact) mass is 725 g/mol. The van der Waals surface area contributed by atoms with E-state index in [0.29, 0.717) is 49.6 Å². The fourth-order valence-electron chi connectivity index (χ4n) is 5.43. The molecule has 14 nitrogen and oxygen atoms in total. The molecule has 15 heteroatoms. The number of guanidine groups is 1. The smallest absolute Gasteiger partial charge is 0.0332 e. The van der Waals surface area contributed by atoms with E-state index in [1.54, 1.807) is 85.4 Å². The standard InChI is InChI=1S/C38H48BN7O7/c1-36(2,3)51-33(48)42-31(39-23-40)45-18-16-25(17-19-45)24-10-12-26(13-11-24)30(47)41-29-15-14-27-21-46(22-28(27)20-29)32(43-34(49)52-37(4,5)6)44-35(50)53-38(7,8)9/h10-16,20H,17-19,21-22H2,1-9H3,(H,41,47)(H,42,48)(H,43,44,49,50). The van der Waals surface area contributed by atoms with Gasteiger partial charge in [0.15, 0.2) is 0 Å². The first-order valence-corrected chi connectivity index (χ1v) is 17.3. The second kappa shape index (κ2) is 16.4. The molecule has 0 aliphatic carbocycles. The SMILES string of the molecule is CC(C)(C)OC(=O)N=C(NC(=O)OC(C)(C)C)N1Cc2ccc(NC(=O)c3ccc(C4=CCN(C(=BC#N)NC(=O)OC(C)(C)C)CC4)cc3)cc2C1. The summed E-state index contributed by atoms with van der Waals surface area (Å²) in [7, 11) is 0. The molecular weight excluding hydrogens is 677 g/mol. The van der Waals surface area contributed by atoms with Gasteiger partial charge < -0.3 is 14.4 Å².